The van der Waals surface area contributed by atoms with Crippen LogP contribution >= 0.6 is 34.5 Å². The molecular weight excluding hydrogens is 519 g/mol. The van der Waals surface area contributed by atoms with Crippen molar-refractivity contribution in [2.45, 2.75) is 19.9 Å². The summed E-state index contributed by atoms with van der Waals surface area (Å²) in [6.45, 7) is 3.72. The minimum Gasteiger partial charge on any atom is -0.463 e. The number of benzene rings is 2. The van der Waals surface area contributed by atoms with Gasteiger partial charge in [0.05, 0.1) is 33.5 Å². The molecule has 0 bridgehead atoms. The van der Waals surface area contributed by atoms with Gasteiger partial charge in [-0.2, -0.15) is 0 Å². The summed E-state index contributed by atoms with van der Waals surface area (Å²) in [5.41, 5.74) is 2.03. The summed E-state index contributed by atoms with van der Waals surface area (Å²) in [5.74, 6) is 0.518. The maximum atomic E-state index is 13.6. The molecular formula is C27H20Cl2N2O4S. The number of carbonyl (C=O) groups is 1. The van der Waals surface area contributed by atoms with E-state index in [1.807, 2.05) is 30.3 Å². The van der Waals surface area contributed by atoms with E-state index in [4.69, 9.17) is 32.4 Å². The number of rotatable bonds is 5. The number of esters is 1. The van der Waals surface area contributed by atoms with Gasteiger partial charge in [-0.3, -0.25) is 9.36 Å². The number of hydrogen-bond donors (Lipinski definition) is 0. The van der Waals surface area contributed by atoms with E-state index in [0.717, 1.165) is 5.56 Å². The maximum absolute atomic E-state index is 13.6. The summed E-state index contributed by atoms with van der Waals surface area (Å²) in [4.78, 5) is 31.6. The normalized spacial score (nSPS) is 15.6. The fourth-order valence-corrected chi connectivity index (χ4v) is 5.54. The lowest BCUT2D eigenvalue weighted by Gasteiger charge is -2.24. The number of ether oxygens (including phenoxy) is 1. The molecule has 5 rings (SSSR count). The molecule has 4 aromatic rings. The molecule has 1 atom stereocenters. The smallest absolute Gasteiger partial charge is 0.338 e. The van der Waals surface area contributed by atoms with E-state index < -0.39 is 12.0 Å². The molecule has 0 radical (unpaired) electrons. The van der Waals surface area contributed by atoms with Crippen LogP contribution in [0.4, 0.5) is 0 Å². The van der Waals surface area contributed by atoms with Crippen molar-refractivity contribution in [1.82, 2.24) is 4.57 Å². The number of carbonyl (C=O) groups excluding carboxylic acids is 1. The third-order valence-corrected chi connectivity index (χ3v) is 7.27. The van der Waals surface area contributed by atoms with Crippen LogP contribution in [0.2, 0.25) is 10.0 Å². The third kappa shape index (κ3) is 4.46. The quantitative estimate of drug-likeness (QED) is 0.320. The van der Waals surface area contributed by atoms with Gasteiger partial charge in [-0.15, -0.1) is 0 Å². The first-order valence-electron chi connectivity index (χ1n) is 11.2. The van der Waals surface area contributed by atoms with E-state index >= 15 is 0 Å². The number of aromatic nitrogens is 1. The van der Waals surface area contributed by atoms with Crippen molar-refractivity contribution in [3.8, 4) is 11.3 Å². The van der Waals surface area contributed by atoms with Crippen LogP contribution in [0.3, 0.4) is 0 Å². The second-order valence-corrected chi connectivity index (χ2v) is 9.89. The number of fused-ring (bicyclic) bond motifs is 1. The van der Waals surface area contributed by atoms with Gasteiger partial charge < -0.3 is 9.15 Å². The van der Waals surface area contributed by atoms with Gasteiger partial charge in [0, 0.05) is 16.7 Å². The van der Waals surface area contributed by atoms with Crippen LogP contribution in [0.5, 0.6) is 0 Å². The van der Waals surface area contributed by atoms with Crippen LogP contribution in [-0.4, -0.2) is 17.1 Å². The Hall–Kier alpha value is -3.39. The molecule has 0 saturated heterocycles. The maximum Gasteiger partial charge on any atom is 0.338 e. The number of hydrogen-bond acceptors (Lipinski definition) is 6. The molecule has 9 heteroatoms. The van der Waals surface area contributed by atoms with Crippen LogP contribution in [0.25, 0.3) is 17.4 Å². The summed E-state index contributed by atoms with van der Waals surface area (Å²) >= 11 is 13.7. The standard InChI is InChI=1S/C27H20Cl2N2O4S/c1-3-34-26(33)23-15(2)30-27-31(24(23)16-7-5-4-6-8-16)25(32)22(36-27)14-18-10-12-21(35-18)19-13-17(28)9-11-20(19)29/h4-14,24H,3H2,1-2H3/b22-14+/t24-/m0/s1. The molecule has 2 aromatic heterocycles. The molecule has 3 heterocycles. The number of furan rings is 1. The van der Waals surface area contributed by atoms with Crippen LogP contribution < -0.4 is 14.9 Å². The molecule has 182 valence electrons. The van der Waals surface area contributed by atoms with Gasteiger partial charge in [0.25, 0.3) is 5.56 Å². The van der Waals surface area contributed by atoms with Gasteiger partial charge in [0.15, 0.2) is 4.80 Å². The fraction of sp³-hybridized carbons (Fsp3) is 0.148. The summed E-state index contributed by atoms with van der Waals surface area (Å²) in [5, 5.41) is 1.04. The van der Waals surface area contributed by atoms with Crippen molar-refractivity contribution >= 4 is 46.6 Å². The average Bonchev–Trinajstić information content (AvgIpc) is 3.45. The summed E-state index contributed by atoms with van der Waals surface area (Å²) in [6.07, 6.45) is 1.66. The third-order valence-electron chi connectivity index (χ3n) is 5.73. The van der Waals surface area contributed by atoms with Crippen molar-refractivity contribution in [1.29, 1.82) is 0 Å². The lowest BCUT2D eigenvalue weighted by atomic mass is 9.96. The van der Waals surface area contributed by atoms with E-state index in [2.05, 4.69) is 4.99 Å². The first-order valence-corrected chi connectivity index (χ1v) is 12.7. The number of thiazole rings is 1. The van der Waals surface area contributed by atoms with Crippen molar-refractivity contribution in [2.75, 3.05) is 6.61 Å². The Morgan fingerprint density at radius 3 is 2.69 bits per heavy atom. The fourth-order valence-electron chi connectivity index (χ4n) is 4.13. The molecule has 0 N–H and O–H groups in total. The molecule has 1 aliphatic rings. The molecule has 36 heavy (non-hydrogen) atoms. The van der Waals surface area contributed by atoms with Crippen molar-refractivity contribution < 1.29 is 13.9 Å². The second kappa shape index (κ2) is 9.93. The van der Waals surface area contributed by atoms with E-state index in [0.29, 0.717) is 47.7 Å². The van der Waals surface area contributed by atoms with E-state index in [1.54, 1.807) is 54.8 Å². The molecule has 6 nitrogen and oxygen atoms in total. The molecule has 1 aliphatic heterocycles. The van der Waals surface area contributed by atoms with Gasteiger partial charge >= 0.3 is 5.97 Å². The van der Waals surface area contributed by atoms with Crippen LogP contribution in [-0.2, 0) is 9.53 Å². The first-order chi connectivity index (χ1) is 17.4. The largest absolute Gasteiger partial charge is 0.463 e. The van der Waals surface area contributed by atoms with Gasteiger partial charge in [-0.1, -0.05) is 64.9 Å². The minimum absolute atomic E-state index is 0.221. The highest BCUT2D eigenvalue weighted by Crippen LogP contribution is 2.32. The second-order valence-electron chi connectivity index (χ2n) is 8.04. The van der Waals surface area contributed by atoms with E-state index in [1.165, 1.54) is 11.3 Å². The molecule has 0 amide bonds. The molecule has 0 unspecified atom stereocenters. The molecule has 0 saturated carbocycles. The number of allylic oxidation sites excluding steroid dienone is 1. The average molecular weight is 539 g/mol. The Morgan fingerprint density at radius 1 is 1.17 bits per heavy atom. The highest BCUT2D eigenvalue weighted by Gasteiger charge is 2.33. The predicted octanol–water partition coefficient (Wildman–Crippen LogP) is 5.37. The molecule has 0 spiro atoms. The van der Waals surface area contributed by atoms with Crippen LogP contribution in [0.15, 0.2) is 86.1 Å². The number of nitrogens with zero attached hydrogens (tertiary/aromatic N) is 2. The molecule has 0 fully saturated rings. The Morgan fingerprint density at radius 2 is 1.94 bits per heavy atom. The zero-order valence-corrected chi connectivity index (χ0v) is 21.7. The molecule has 2 aromatic carbocycles. The highest BCUT2D eigenvalue weighted by molar-refractivity contribution is 7.07. The summed E-state index contributed by atoms with van der Waals surface area (Å²) in [7, 11) is 0. The van der Waals surface area contributed by atoms with Crippen molar-refractivity contribution in [2.24, 2.45) is 4.99 Å². The van der Waals surface area contributed by atoms with Gasteiger partial charge in [0.2, 0.25) is 0 Å². The summed E-state index contributed by atoms with van der Waals surface area (Å²) < 4.78 is 13.2. The summed E-state index contributed by atoms with van der Waals surface area (Å²) in [6, 6.07) is 17.4. The zero-order chi connectivity index (χ0) is 25.4. The Bertz CT molecular complexity index is 1680. The lowest BCUT2D eigenvalue weighted by molar-refractivity contribution is -0.139. The Labute approximate surface area is 220 Å². The topological polar surface area (TPSA) is 73.8 Å². The monoisotopic (exact) mass is 538 g/mol. The van der Waals surface area contributed by atoms with Gasteiger partial charge in [-0.25, -0.2) is 9.79 Å². The zero-order valence-electron chi connectivity index (χ0n) is 19.3. The van der Waals surface area contributed by atoms with Crippen molar-refractivity contribution in [3.63, 3.8) is 0 Å². The first kappa shape index (κ1) is 24.3. The predicted molar refractivity (Wildman–Crippen MR) is 141 cm³/mol. The lowest BCUT2D eigenvalue weighted by Crippen LogP contribution is -2.39. The van der Waals surface area contributed by atoms with Gasteiger partial charge in [0.1, 0.15) is 11.5 Å². The van der Waals surface area contributed by atoms with Gasteiger partial charge in [-0.05, 0) is 49.7 Å². The number of halogens is 2. The SMILES string of the molecule is CCOC(=O)C1=C(C)N=c2s/c(=C/c3ccc(-c4cc(Cl)ccc4Cl)o3)c(=O)n2[C@H]1c1ccccc1. The van der Waals surface area contributed by atoms with Crippen LogP contribution in [0.1, 0.15) is 31.2 Å². The van der Waals surface area contributed by atoms with Crippen molar-refractivity contribution in [3.05, 3.63) is 113 Å². The Balaban J connectivity index is 1.64. The Kier molecular flexibility index (Phi) is 6.71. The van der Waals surface area contributed by atoms with E-state index in [9.17, 15) is 9.59 Å². The minimum atomic E-state index is -0.652. The molecule has 0 aliphatic carbocycles. The van der Waals surface area contributed by atoms with Crippen LogP contribution in [0, 0.1) is 0 Å². The highest BCUT2D eigenvalue weighted by atomic mass is 35.5. The van der Waals surface area contributed by atoms with E-state index in [-0.39, 0.29) is 12.2 Å².